The molecule has 0 radical (unpaired) electrons. The van der Waals surface area contributed by atoms with Crippen molar-refractivity contribution in [1.82, 2.24) is 0 Å². The summed E-state index contributed by atoms with van der Waals surface area (Å²) in [7, 11) is 0. The summed E-state index contributed by atoms with van der Waals surface area (Å²) in [6, 6.07) is 9.26. The topological polar surface area (TPSA) is 29.1 Å². The number of aryl methyl sites for hydroxylation is 1. The number of halogens is 3. The van der Waals surface area contributed by atoms with Gasteiger partial charge in [0.1, 0.15) is 5.82 Å². The van der Waals surface area contributed by atoms with E-state index in [1.165, 1.54) is 18.2 Å². The Morgan fingerprint density at radius 2 is 1.95 bits per heavy atom. The molecule has 0 unspecified atom stereocenters. The molecule has 0 aromatic heterocycles. The van der Waals surface area contributed by atoms with Gasteiger partial charge in [-0.3, -0.25) is 4.79 Å². The lowest BCUT2D eigenvalue weighted by atomic mass is 10.2. The van der Waals surface area contributed by atoms with Crippen molar-refractivity contribution in [2.45, 2.75) is 6.92 Å². The van der Waals surface area contributed by atoms with Crippen LogP contribution in [0, 0.1) is 12.7 Å². The minimum Gasteiger partial charge on any atom is -0.319 e. The average molecular weight is 298 g/mol. The molecule has 0 saturated heterocycles. The number of benzene rings is 2. The Morgan fingerprint density at radius 3 is 2.63 bits per heavy atom. The van der Waals surface area contributed by atoms with Crippen LogP contribution in [0.25, 0.3) is 0 Å². The average Bonchev–Trinajstić information content (AvgIpc) is 2.36. The van der Waals surface area contributed by atoms with Gasteiger partial charge in [0.2, 0.25) is 0 Å². The van der Waals surface area contributed by atoms with Crippen molar-refractivity contribution < 1.29 is 9.18 Å². The van der Waals surface area contributed by atoms with Gasteiger partial charge in [-0.05, 0) is 36.8 Å². The molecule has 1 N–H and O–H groups in total. The second-order valence-corrected chi connectivity index (χ2v) is 4.82. The van der Waals surface area contributed by atoms with Crippen molar-refractivity contribution in [2.24, 2.45) is 0 Å². The fourth-order valence-electron chi connectivity index (χ4n) is 1.59. The van der Waals surface area contributed by atoms with Crippen LogP contribution >= 0.6 is 23.2 Å². The molecule has 0 bridgehead atoms. The van der Waals surface area contributed by atoms with E-state index in [0.717, 1.165) is 5.56 Å². The maximum absolute atomic E-state index is 13.6. The molecule has 2 aromatic rings. The second-order valence-electron chi connectivity index (χ2n) is 4.04. The van der Waals surface area contributed by atoms with Crippen molar-refractivity contribution >= 4 is 34.8 Å². The summed E-state index contributed by atoms with van der Waals surface area (Å²) < 4.78 is 13.6. The Labute approximate surface area is 120 Å². The largest absolute Gasteiger partial charge is 0.319 e. The van der Waals surface area contributed by atoms with Crippen molar-refractivity contribution in [2.75, 3.05) is 5.32 Å². The zero-order valence-corrected chi connectivity index (χ0v) is 11.5. The smallest absolute Gasteiger partial charge is 0.257 e. The van der Waals surface area contributed by atoms with Gasteiger partial charge in [-0.25, -0.2) is 4.39 Å². The fourth-order valence-corrected chi connectivity index (χ4v) is 1.98. The van der Waals surface area contributed by atoms with Crippen LogP contribution < -0.4 is 5.32 Å². The van der Waals surface area contributed by atoms with Gasteiger partial charge in [0, 0.05) is 0 Å². The summed E-state index contributed by atoms with van der Waals surface area (Å²) in [4.78, 5) is 12.0. The zero-order chi connectivity index (χ0) is 14.0. The maximum Gasteiger partial charge on any atom is 0.257 e. The molecule has 98 valence electrons. The van der Waals surface area contributed by atoms with Crippen LogP contribution in [0.5, 0.6) is 0 Å². The van der Waals surface area contributed by atoms with E-state index in [2.05, 4.69) is 5.32 Å². The van der Waals surface area contributed by atoms with Gasteiger partial charge in [-0.15, -0.1) is 0 Å². The molecule has 0 aliphatic carbocycles. The lowest BCUT2D eigenvalue weighted by Gasteiger charge is -2.08. The summed E-state index contributed by atoms with van der Waals surface area (Å²) in [6.45, 7) is 1.77. The number of amides is 1. The third-order valence-corrected chi connectivity index (χ3v) is 3.39. The Balaban J connectivity index is 2.28. The fraction of sp³-hybridized carbons (Fsp3) is 0.0714. The zero-order valence-electron chi connectivity index (χ0n) is 10.0. The van der Waals surface area contributed by atoms with Gasteiger partial charge in [0.15, 0.2) is 0 Å². The molecular weight excluding hydrogens is 288 g/mol. The number of carbonyl (C=O) groups excluding carboxylic acids is 1. The number of anilines is 1. The molecular formula is C14H10Cl2FNO. The van der Waals surface area contributed by atoms with Crippen LogP contribution in [0.3, 0.4) is 0 Å². The summed E-state index contributed by atoms with van der Waals surface area (Å²) >= 11 is 11.8. The van der Waals surface area contributed by atoms with Crippen LogP contribution in [0.1, 0.15) is 15.9 Å². The molecule has 2 nitrogen and oxygen atoms in total. The van der Waals surface area contributed by atoms with E-state index in [9.17, 15) is 9.18 Å². The SMILES string of the molecule is Cc1ccc(NC(=O)c2cccc(Cl)c2Cl)c(F)c1. The van der Waals surface area contributed by atoms with Crippen LogP contribution in [0.15, 0.2) is 36.4 Å². The highest BCUT2D eigenvalue weighted by Crippen LogP contribution is 2.26. The minimum absolute atomic E-state index is 0.103. The summed E-state index contributed by atoms with van der Waals surface area (Å²) in [5.74, 6) is -0.998. The van der Waals surface area contributed by atoms with E-state index in [0.29, 0.717) is 0 Å². The Morgan fingerprint density at radius 1 is 1.21 bits per heavy atom. The quantitative estimate of drug-likeness (QED) is 0.856. The molecule has 0 aliphatic rings. The molecule has 0 saturated carbocycles. The van der Waals surface area contributed by atoms with Gasteiger partial charge in [-0.1, -0.05) is 35.3 Å². The molecule has 0 atom stereocenters. The molecule has 0 heterocycles. The highest BCUT2D eigenvalue weighted by molar-refractivity contribution is 6.44. The first-order chi connectivity index (χ1) is 8.99. The van der Waals surface area contributed by atoms with E-state index in [1.54, 1.807) is 25.1 Å². The van der Waals surface area contributed by atoms with Crippen molar-refractivity contribution in [1.29, 1.82) is 0 Å². The highest BCUT2D eigenvalue weighted by atomic mass is 35.5. The van der Waals surface area contributed by atoms with Crippen LogP contribution in [0.2, 0.25) is 10.0 Å². The van der Waals surface area contributed by atoms with E-state index >= 15 is 0 Å². The molecule has 1 amide bonds. The Kier molecular flexibility index (Phi) is 4.08. The summed E-state index contributed by atoms with van der Waals surface area (Å²) in [5, 5.41) is 2.89. The highest BCUT2D eigenvalue weighted by Gasteiger charge is 2.14. The molecule has 2 aromatic carbocycles. The van der Waals surface area contributed by atoms with Crippen LogP contribution in [0.4, 0.5) is 10.1 Å². The summed E-state index contributed by atoms with van der Waals surface area (Å²) in [6.07, 6.45) is 0. The third-order valence-electron chi connectivity index (χ3n) is 2.57. The minimum atomic E-state index is -0.504. The monoisotopic (exact) mass is 297 g/mol. The van der Waals surface area contributed by atoms with Gasteiger partial charge in [0.05, 0.1) is 21.3 Å². The molecule has 5 heteroatoms. The van der Waals surface area contributed by atoms with Crippen molar-refractivity contribution in [3.8, 4) is 0 Å². The number of carbonyl (C=O) groups is 1. The molecule has 2 rings (SSSR count). The van der Waals surface area contributed by atoms with Gasteiger partial charge < -0.3 is 5.32 Å². The number of hydrogen-bond donors (Lipinski definition) is 1. The molecule has 0 aliphatic heterocycles. The maximum atomic E-state index is 13.6. The first-order valence-electron chi connectivity index (χ1n) is 5.50. The summed E-state index contributed by atoms with van der Waals surface area (Å²) in [5.41, 5.74) is 1.08. The third kappa shape index (κ3) is 3.06. The number of hydrogen-bond acceptors (Lipinski definition) is 1. The van der Waals surface area contributed by atoms with Gasteiger partial charge in [-0.2, -0.15) is 0 Å². The molecule has 0 fully saturated rings. The lowest BCUT2D eigenvalue weighted by Crippen LogP contribution is -2.13. The molecule has 0 spiro atoms. The first kappa shape index (κ1) is 13.8. The predicted molar refractivity (Wildman–Crippen MR) is 75.6 cm³/mol. The second kappa shape index (κ2) is 5.59. The number of rotatable bonds is 2. The van der Waals surface area contributed by atoms with Gasteiger partial charge >= 0.3 is 0 Å². The Bertz CT molecular complexity index is 643. The predicted octanol–water partition coefficient (Wildman–Crippen LogP) is 4.69. The van der Waals surface area contributed by atoms with Gasteiger partial charge in [0.25, 0.3) is 5.91 Å². The van der Waals surface area contributed by atoms with E-state index in [4.69, 9.17) is 23.2 Å². The van der Waals surface area contributed by atoms with E-state index in [-0.39, 0.29) is 21.3 Å². The lowest BCUT2D eigenvalue weighted by molar-refractivity contribution is 0.102. The first-order valence-corrected chi connectivity index (χ1v) is 6.26. The standard InChI is InChI=1S/C14H10Cl2FNO/c1-8-5-6-12(11(17)7-8)18-14(19)9-3-2-4-10(15)13(9)16/h2-7H,1H3,(H,18,19). The van der Waals surface area contributed by atoms with E-state index in [1.807, 2.05) is 0 Å². The van der Waals surface area contributed by atoms with E-state index < -0.39 is 11.7 Å². The van der Waals surface area contributed by atoms with Crippen LogP contribution in [-0.2, 0) is 0 Å². The Hall–Kier alpha value is -1.58. The molecule has 19 heavy (non-hydrogen) atoms. The van der Waals surface area contributed by atoms with Crippen molar-refractivity contribution in [3.63, 3.8) is 0 Å². The number of nitrogens with one attached hydrogen (secondary N) is 1. The normalized spacial score (nSPS) is 10.3. The van der Waals surface area contributed by atoms with Crippen molar-refractivity contribution in [3.05, 3.63) is 63.4 Å². The van der Waals surface area contributed by atoms with Crippen LogP contribution in [-0.4, -0.2) is 5.91 Å².